The molecule has 2 saturated heterocycles. The molecular formula is C23H29N7O3. The summed E-state index contributed by atoms with van der Waals surface area (Å²) >= 11 is 0. The van der Waals surface area contributed by atoms with Gasteiger partial charge in [-0.2, -0.15) is 0 Å². The molecule has 4 amide bonds. The quantitative estimate of drug-likeness (QED) is 0.657. The third-order valence-electron chi connectivity index (χ3n) is 6.32. The molecule has 10 nitrogen and oxygen atoms in total. The number of ether oxygens (including phenoxy) is 1. The van der Waals surface area contributed by atoms with Crippen LogP contribution in [-0.2, 0) is 11.2 Å². The highest BCUT2D eigenvalue weighted by Crippen LogP contribution is 2.38. The van der Waals surface area contributed by atoms with Gasteiger partial charge in [0.15, 0.2) is 5.82 Å². The average molecular weight is 452 g/mol. The maximum Gasteiger partial charge on any atom is 0.319 e. The Balaban J connectivity index is 1.52. The molecule has 0 spiro atoms. The van der Waals surface area contributed by atoms with Gasteiger partial charge < -0.3 is 30.5 Å². The second-order valence-electron chi connectivity index (χ2n) is 8.38. The van der Waals surface area contributed by atoms with Crippen molar-refractivity contribution in [3.8, 4) is 11.4 Å². The number of carbonyl (C=O) groups is 2. The molecule has 1 aromatic carbocycles. The fourth-order valence-corrected chi connectivity index (χ4v) is 4.70. The smallest absolute Gasteiger partial charge is 0.319 e. The number of rotatable bonds is 4. The summed E-state index contributed by atoms with van der Waals surface area (Å²) in [6.07, 6.45) is 1.56. The molecule has 174 valence electrons. The molecule has 2 aromatic rings. The van der Waals surface area contributed by atoms with Crippen molar-refractivity contribution in [2.45, 2.75) is 25.8 Å². The number of nitrogens with one attached hydrogen (secondary N) is 3. The molecule has 1 atom stereocenters. The van der Waals surface area contributed by atoms with Crippen LogP contribution in [0.1, 0.15) is 30.6 Å². The molecule has 4 heterocycles. The zero-order valence-corrected chi connectivity index (χ0v) is 18.8. The molecule has 3 N–H and O–H groups in total. The molecule has 1 aromatic heterocycles. The second kappa shape index (κ2) is 9.22. The van der Waals surface area contributed by atoms with Crippen LogP contribution >= 0.6 is 0 Å². The number of hydrogen-bond acceptors (Lipinski definition) is 6. The van der Waals surface area contributed by atoms with Crippen LogP contribution in [0, 0.1) is 0 Å². The maximum absolute atomic E-state index is 12.5. The van der Waals surface area contributed by atoms with E-state index in [0.717, 1.165) is 48.6 Å². The third kappa shape index (κ3) is 4.30. The summed E-state index contributed by atoms with van der Waals surface area (Å²) in [6, 6.07) is 7.24. The Kier molecular flexibility index (Phi) is 5.99. The number of anilines is 2. The molecular weight excluding hydrogens is 422 g/mol. The van der Waals surface area contributed by atoms with Gasteiger partial charge >= 0.3 is 12.1 Å². The lowest BCUT2D eigenvalue weighted by molar-refractivity contribution is 0.122. The minimum absolute atomic E-state index is 0.0224. The number of fused-ring (bicyclic) bond motifs is 3. The van der Waals surface area contributed by atoms with E-state index in [1.807, 2.05) is 36.1 Å². The van der Waals surface area contributed by atoms with Crippen molar-refractivity contribution in [3.05, 3.63) is 35.5 Å². The van der Waals surface area contributed by atoms with E-state index in [9.17, 15) is 9.59 Å². The molecule has 5 rings (SSSR count). The van der Waals surface area contributed by atoms with Crippen molar-refractivity contribution in [1.29, 1.82) is 0 Å². The number of urea groups is 2. The topological polar surface area (TPSA) is 112 Å². The van der Waals surface area contributed by atoms with Crippen molar-refractivity contribution >= 4 is 23.6 Å². The zero-order chi connectivity index (χ0) is 22.8. The van der Waals surface area contributed by atoms with Gasteiger partial charge in [-0.3, -0.25) is 0 Å². The molecule has 0 radical (unpaired) electrons. The van der Waals surface area contributed by atoms with Crippen LogP contribution in [0.4, 0.5) is 21.1 Å². The first kappa shape index (κ1) is 21.4. The first-order valence-corrected chi connectivity index (χ1v) is 11.6. The summed E-state index contributed by atoms with van der Waals surface area (Å²) in [5.41, 5.74) is 3.66. The Labute approximate surface area is 192 Å². The first-order chi connectivity index (χ1) is 16.1. The second-order valence-corrected chi connectivity index (χ2v) is 8.38. The maximum atomic E-state index is 12.5. The molecule has 3 aliphatic rings. The van der Waals surface area contributed by atoms with Gasteiger partial charge in [0.2, 0.25) is 0 Å². The molecule has 3 aliphatic heterocycles. The highest BCUT2D eigenvalue weighted by Gasteiger charge is 2.37. The summed E-state index contributed by atoms with van der Waals surface area (Å²) in [5, 5.41) is 8.48. The molecule has 0 aliphatic carbocycles. The predicted octanol–water partition coefficient (Wildman–Crippen LogP) is 2.13. The van der Waals surface area contributed by atoms with Gasteiger partial charge in [0.25, 0.3) is 0 Å². The normalized spacial score (nSPS) is 19.9. The van der Waals surface area contributed by atoms with E-state index in [4.69, 9.17) is 14.7 Å². The van der Waals surface area contributed by atoms with Crippen molar-refractivity contribution < 1.29 is 14.3 Å². The summed E-state index contributed by atoms with van der Waals surface area (Å²) in [4.78, 5) is 38.4. The van der Waals surface area contributed by atoms with Gasteiger partial charge in [0.05, 0.1) is 24.9 Å². The lowest BCUT2D eigenvalue weighted by atomic mass is 9.94. The van der Waals surface area contributed by atoms with Crippen LogP contribution in [0.5, 0.6) is 0 Å². The Hall–Kier alpha value is -3.40. The number of aromatic nitrogens is 2. The van der Waals surface area contributed by atoms with Gasteiger partial charge in [-0.15, -0.1) is 0 Å². The zero-order valence-electron chi connectivity index (χ0n) is 18.8. The summed E-state index contributed by atoms with van der Waals surface area (Å²) in [5.74, 6) is 1.58. The van der Waals surface area contributed by atoms with E-state index in [1.54, 1.807) is 0 Å². The molecule has 2 fully saturated rings. The van der Waals surface area contributed by atoms with E-state index < -0.39 is 0 Å². The summed E-state index contributed by atoms with van der Waals surface area (Å²) in [7, 11) is 0. The molecule has 0 bridgehead atoms. The average Bonchev–Trinajstić information content (AvgIpc) is 2.84. The van der Waals surface area contributed by atoms with E-state index in [-0.39, 0.29) is 18.1 Å². The minimum atomic E-state index is -0.236. The third-order valence-corrected chi connectivity index (χ3v) is 6.32. The SMILES string of the molecule is CCNC(=O)Nc1ccc(-c2nc3c(c(N4CCOCC4)n2)CCN2C(=O)NCC[C@@H]32)cc1. The van der Waals surface area contributed by atoms with Gasteiger partial charge in [-0.25, -0.2) is 19.6 Å². The van der Waals surface area contributed by atoms with Crippen LogP contribution < -0.4 is 20.9 Å². The number of benzene rings is 1. The standard InChI is InChI=1S/C23H29N7O3/c1-2-24-22(31)26-16-5-3-15(4-6-16)20-27-19-17(21(28-20)29-11-13-33-14-12-29)8-10-30-18(19)7-9-25-23(30)32/h3-6,18H,2,7-14H2,1H3,(H,25,32)(H2,24,26,31)/t18-/m0/s1. The molecule has 0 unspecified atom stereocenters. The van der Waals surface area contributed by atoms with Crippen molar-refractivity contribution in [2.75, 3.05) is 56.2 Å². The molecule has 10 heteroatoms. The summed E-state index contributed by atoms with van der Waals surface area (Å²) in [6.45, 7) is 6.67. The first-order valence-electron chi connectivity index (χ1n) is 11.6. The number of nitrogens with zero attached hydrogens (tertiary/aromatic N) is 4. The predicted molar refractivity (Wildman–Crippen MR) is 124 cm³/mol. The van der Waals surface area contributed by atoms with E-state index in [0.29, 0.717) is 44.4 Å². The number of hydrogen-bond donors (Lipinski definition) is 3. The van der Waals surface area contributed by atoms with Crippen molar-refractivity contribution in [3.63, 3.8) is 0 Å². The van der Waals surface area contributed by atoms with E-state index in [1.165, 1.54) is 0 Å². The summed E-state index contributed by atoms with van der Waals surface area (Å²) < 4.78 is 5.56. The van der Waals surface area contributed by atoms with Crippen LogP contribution in [0.15, 0.2) is 24.3 Å². The largest absolute Gasteiger partial charge is 0.378 e. The van der Waals surface area contributed by atoms with E-state index >= 15 is 0 Å². The van der Waals surface area contributed by atoms with E-state index in [2.05, 4.69) is 20.9 Å². The monoisotopic (exact) mass is 451 g/mol. The van der Waals surface area contributed by atoms with Crippen molar-refractivity contribution in [1.82, 2.24) is 25.5 Å². The Morgan fingerprint density at radius 3 is 2.73 bits per heavy atom. The highest BCUT2D eigenvalue weighted by atomic mass is 16.5. The van der Waals surface area contributed by atoms with Crippen molar-refractivity contribution in [2.24, 2.45) is 0 Å². The Bertz CT molecular complexity index is 1040. The van der Waals surface area contributed by atoms with Gasteiger partial charge in [-0.1, -0.05) is 0 Å². The number of amides is 4. The fourth-order valence-electron chi connectivity index (χ4n) is 4.70. The van der Waals surface area contributed by atoms with Crippen LogP contribution in [0.2, 0.25) is 0 Å². The highest BCUT2D eigenvalue weighted by molar-refractivity contribution is 5.89. The van der Waals surface area contributed by atoms with Gasteiger partial charge in [-0.05, 0) is 44.0 Å². The van der Waals surface area contributed by atoms with Gasteiger partial charge in [0.1, 0.15) is 5.82 Å². The Morgan fingerprint density at radius 1 is 1.18 bits per heavy atom. The van der Waals surface area contributed by atoms with Crippen LogP contribution in [-0.4, -0.2) is 72.9 Å². The number of carbonyl (C=O) groups excluding carboxylic acids is 2. The molecule has 33 heavy (non-hydrogen) atoms. The lowest BCUT2D eigenvalue weighted by Gasteiger charge is -2.41. The van der Waals surface area contributed by atoms with Crippen LogP contribution in [0.25, 0.3) is 11.4 Å². The fraction of sp³-hybridized carbons (Fsp3) is 0.478. The van der Waals surface area contributed by atoms with Crippen LogP contribution in [0.3, 0.4) is 0 Å². The minimum Gasteiger partial charge on any atom is -0.378 e. The van der Waals surface area contributed by atoms with Gasteiger partial charge in [0, 0.05) is 49.5 Å². The number of morpholine rings is 1. The molecule has 0 saturated carbocycles. The Morgan fingerprint density at radius 2 is 1.97 bits per heavy atom. The lowest BCUT2D eigenvalue weighted by Crippen LogP contribution is -2.51.